The number of piperidine rings is 1. The molecule has 6 rings (SSSR count). The molecule has 0 spiro atoms. The Kier molecular flexibility index (Phi) is 7.16. The van der Waals surface area contributed by atoms with Gasteiger partial charge in [0.2, 0.25) is 5.91 Å². The van der Waals surface area contributed by atoms with E-state index in [1.807, 2.05) is 4.90 Å². The summed E-state index contributed by atoms with van der Waals surface area (Å²) in [6.45, 7) is 1.99. The number of nitrogens with zero attached hydrogens (tertiary/aromatic N) is 6. The van der Waals surface area contributed by atoms with Gasteiger partial charge in [0, 0.05) is 50.4 Å². The molecule has 2 amide bonds. The number of ether oxygens (including phenoxy) is 1. The number of rotatable bonds is 6. The van der Waals surface area contributed by atoms with Gasteiger partial charge in [0.25, 0.3) is 5.91 Å². The lowest BCUT2D eigenvalue weighted by Crippen LogP contribution is -2.41. The number of anilines is 2. The van der Waals surface area contributed by atoms with Crippen LogP contribution < -0.4 is 15.8 Å². The van der Waals surface area contributed by atoms with E-state index in [0.29, 0.717) is 36.0 Å². The van der Waals surface area contributed by atoms with Gasteiger partial charge in [-0.25, -0.2) is 18.7 Å². The van der Waals surface area contributed by atoms with Gasteiger partial charge in [0.05, 0.1) is 17.7 Å². The third-order valence-corrected chi connectivity index (χ3v) is 8.06. The molecule has 3 aromatic heterocycles. The molecule has 0 unspecified atom stereocenters. The monoisotopic (exact) mass is 618 g/mol. The summed E-state index contributed by atoms with van der Waals surface area (Å²) in [6, 6.07) is 1.69. The number of hydrogen-bond donors (Lipinski definition) is 2. The number of nitrogens with two attached hydrogens (primary N) is 1. The maximum absolute atomic E-state index is 16.0. The molecule has 16 heteroatoms. The minimum atomic E-state index is -4.75. The quantitative estimate of drug-likeness (QED) is 0.304. The van der Waals surface area contributed by atoms with Gasteiger partial charge in [-0.05, 0) is 32.3 Å². The van der Waals surface area contributed by atoms with E-state index in [9.17, 15) is 22.8 Å². The number of fused-ring (bicyclic) bond motifs is 2. The predicted octanol–water partition coefficient (Wildman–Crippen LogP) is 4.53. The number of nitrogens with one attached hydrogen (secondary N) is 1. The second-order valence-electron chi connectivity index (χ2n) is 10.7. The molecule has 0 bridgehead atoms. The number of benzene rings is 1. The van der Waals surface area contributed by atoms with Crippen LogP contribution in [0, 0.1) is 11.6 Å². The molecule has 2 aliphatic rings. The van der Waals surface area contributed by atoms with Gasteiger partial charge < -0.3 is 20.7 Å². The van der Waals surface area contributed by atoms with E-state index in [4.69, 9.17) is 15.5 Å². The maximum atomic E-state index is 16.0. The number of aryl methyl sites for hydroxylation is 1. The average molecular weight is 619 g/mol. The molecule has 0 saturated carbocycles. The van der Waals surface area contributed by atoms with Gasteiger partial charge >= 0.3 is 6.18 Å². The van der Waals surface area contributed by atoms with Crippen LogP contribution in [-0.2, 0) is 18.0 Å². The van der Waals surface area contributed by atoms with Crippen molar-refractivity contribution in [3.8, 4) is 17.0 Å². The molecule has 5 heterocycles. The third kappa shape index (κ3) is 4.87. The van der Waals surface area contributed by atoms with E-state index in [0.717, 1.165) is 26.0 Å². The van der Waals surface area contributed by atoms with Crippen LogP contribution in [0.1, 0.15) is 60.4 Å². The van der Waals surface area contributed by atoms with Crippen LogP contribution in [0.2, 0.25) is 0 Å². The number of nitrogen functional groups attached to an aromatic ring is 1. The molecule has 2 aliphatic heterocycles. The van der Waals surface area contributed by atoms with E-state index < -0.39 is 46.4 Å². The van der Waals surface area contributed by atoms with Crippen LogP contribution in [0.4, 0.5) is 33.6 Å². The highest BCUT2D eigenvalue weighted by molar-refractivity contribution is 6.05. The second kappa shape index (κ2) is 10.7. The van der Waals surface area contributed by atoms with Crippen LogP contribution in [0.15, 0.2) is 24.5 Å². The minimum Gasteiger partial charge on any atom is -0.493 e. The molecule has 232 valence electrons. The summed E-state index contributed by atoms with van der Waals surface area (Å²) in [6.07, 6.45) is 1.02. The predicted molar refractivity (Wildman–Crippen MR) is 147 cm³/mol. The lowest BCUT2D eigenvalue weighted by atomic mass is 9.92. The Bertz CT molecular complexity index is 1800. The summed E-state index contributed by atoms with van der Waals surface area (Å²) >= 11 is 0. The van der Waals surface area contributed by atoms with E-state index in [1.54, 1.807) is 17.5 Å². The van der Waals surface area contributed by atoms with Crippen molar-refractivity contribution in [2.75, 3.05) is 24.2 Å². The highest BCUT2D eigenvalue weighted by Gasteiger charge is 2.39. The molecule has 2 atom stereocenters. The van der Waals surface area contributed by atoms with Crippen LogP contribution >= 0.6 is 0 Å². The molecule has 2 fully saturated rings. The summed E-state index contributed by atoms with van der Waals surface area (Å²) in [4.78, 5) is 36.1. The summed E-state index contributed by atoms with van der Waals surface area (Å²) in [5.74, 6) is -4.79. The number of hydrogen-bond acceptors (Lipinski definition) is 7. The number of imidazole rings is 1. The lowest BCUT2D eigenvalue weighted by molar-refractivity contribution is -0.143. The van der Waals surface area contributed by atoms with Gasteiger partial charge in [0.15, 0.2) is 17.5 Å². The smallest absolute Gasteiger partial charge is 0.433 e. The van der Waals surface area contributed by atoms with Crippen molar-refractivity contribution >= 4 is 29.0 Å². The van der Waals surface area contributed by atoms with Crippen LogP contribution in [0.5, 0.6) is 5.75 Å². The zero-order valence-corrected chi connectivity index (χ0v) is 23.6. The SMILES string of the molecule is CCOc1cc(C(=O)Nc2cc(C(F)(F)F)n(C)n2)c(F)c(F)c1-c1nc([C@@H]2CC[C@H]3CCC(=O)N3C2)n2ccnc(N)c12. The first-order chi connectivity index (χ1) is 20.9. The maximum Gasteiger partial charge on any atom is 0.433 e. The van der Waals surface area contributed by atoms with Crippen molar-refractivity contribution in [2.45, 2.75) is 50.7 Å². The first-order valence-corrected chi connectivity index (χ1v) is 13.9. The fourth-order valence-corrected chi connectivity index (χ4v) is 6.06. The fourth-order valence-electron chi connectivity index (χ4n) is 6.06. The van der Waals surface area contributed by atoms with E-state index in [1.165, 1.54) is 6.20 Å². The number of amides is 2. The number of carbonyl (C=O) groups is 2. The summed E-state index contributed by atoms with van der Waals surface area (Å²) in [5, 5.41) is 5.67. The topological polar surface area (TPSA) is 133 Å². The Morgan fingerprint density at radius 2 is 1.95 bits per heavy atom. The Hall–Kier alpha value is -4.76. The fraction of sp³-hybridized carbons (Fsp3) is 0.393. The van der Waals surface area contributed by atoms with E-state index in [-0.39, 0.29) is 47.3 Å². The molecule has 1 aromatic carbocycles. The van der Waals surface area contributed by atoms with Crippen molar-refractivity contribution in [1.82, 2.24) is 29.0 Å². The molecule has 44 heavy (non-hydrogen) atoms. The largest absolute Gasteiger partial charge is 0.493 e. The molecule has 3 N–H and O–H groups in total. The van der Waals surface area contributed by atoms with E-state index >= 15 is 8.78 Å². The van der Waals surface area contributed by atoms with E-state index in [2.05, 4.69) is 15.4 Å². The number of alkyl halides is 3. The lowest BCUT2D eigenvalue weighted by Gasteiger charge is -2.34. The molecule has 11 nitrogen and oxygen atoms in total. The van der Waals surface area contributed by atoms with Crippen LogP contribution in [0.3, 0.4) is 0 Å². The van der Waals surface area contributed by atoms with Crippen molar-refractivity contribution < 1.29 is 36.3 Å². The van der Waals surface area contributed by atoms with Gasteiger partial charge in [-0.2, -0.15) is 18.3 Å². The summed E-state index contributed by atoms with van der Waals surface area (Å²) in [5.41, 5.74) is 3.94. The van der Waals surface area contributed by atoms with Gasteiger partial charge in [-0.15, -0.1) is 0 Å². The summed E-state index contributed by atoms with van der Waals surface area (Å²) < 4.78 is 79.0. The molecular weight excluding hydrogens is 591 g/mol. The minimum absolute atomic E-state index is 0.0121. The highest BCUT2D eigenvalue weighted by Crippen LogP contribution is 2.42. The Balaban J connectivity index is 1.43. The molecule has 2 saturated heterocycles. The third-order valence-electron chi connectivity index (χ3n) is 8.06. The number of carbonyl (C=O) groups excluding carboxylic acids is 2. The highest BCUT2D eigenvalue weighted by atomic mass is 19.4. The van der Waals surface area contributed by atoms with Crippen molar-refractivity contribution in [3.05, 3.63) is 53.2 Å². The first-order valence-electron chi connectivity index (χ1n) is 13.9. The summed E-state index contributed by atoms with van der Waals surface area (Å²) in [7, 11) is 1.03. The molecular formula is C28H27F5N8O3. The standard InChI is InChI=1S/C28H27F5N8O3/c1-3-44-16-10-15(27(43)36-18-11-17(28(31,32)33)39(2)38-18)21(29)22(30)20(16)23-24-25(34)35-8-9-40(24)26(37-23)13-4-5-14-6-7-19(42)41(14)12-13/h8-11,13-14H,3-7,12H2,1-2H3,(H2,34,35)(H,36,38,43)/t13-,14+/m1/s1. The van der Waals surface area contributed by atoms with Crippen molar-refractivity contribution in [3.63, 3.8) is 0 Å². The Morgan fingerprint density at radius 1 is 1.18 bits per heavy atom. The van der Waals surface area contributed by atoms with Gasteiger partial charge in [-0.3, -0.25) is 18.7 Å². The molecule has 0 aliphatic carbocycles. The van der Waals surface area contributed by atoms with Crippen molar-refractivity contribution in [1.29, 1.82) is 0 Å². The van der Waals surface area contributed by atoms with Gasteiger partial charge in [-0.1, -0.05) is 0 Å². The Morgan fingerprint density at radius 3 is 2.66 bits per heavy atom. The van der Waals surface area contributed by atoms with Crippen LogP contribution in [0.25, 0.3) is 16.8 Å². The average Bonchev–Trinajstić information content (AvgIpc) is 3.66. The first kappa shape index (κ1) is 29.3. The van der Waals surface area contributed by atoms with Gasteiger partial charge in [0.1, 0.15) is 34.3 Å². The number of halogens is 5. The van der Waals surface area contributed by atoms with Crippen LogP contribution in [-0.4, -0.2) is 60.1 Å². The van der Waals surface area contributed by atoms with Crippen molar-refractivity contribution in [2.24, 2.45) is 7.05 Å². The zero-order valence-electron chi connectivity index (χ0n) is 23.6. The second-order valence-corrected chi connectivity index (χ2v) is 10.7. The molecule has 4 aromatic rings. The Labute approximate surface area is 246 Å². The zero-order chi connectivity index (χ0) is 31.5. The normalized spacial score (nSPS) is 18.6. The molecule has 0 radical (unpaired) electrons. The number of aromatic nitrogens is 5.